The van der Waals surface area contributed by atoms with E-state index in [1.807, 2.05) is 0 Å². The standard InChI is InChI=1S/C2H3N.CH2O3.Na.H/c1-2-3;2-1(3)4;;/h1H3;(H2,2,3,4);;/q;;+1;-1. The van der Waals surface area contributed by atoms with Crippen molar-refractivity contribution in [3.63, 3.8) is 0 Å². The van der Waals surface area contributed by atoms with Crippen molar-refractivity contribution in [2.24, 2.45) is 0 Å². The molecule has 0 fully saturated rings. The SMILES string of the molecule is CC#N.O=C(O)O.[H-].[Na+]. The van der Waals surface area contributed by atoms with Gasteiger partial charge in [0.1, 0.15) is 0 Å². The molecule has 0 bridgehead atoms. The molecule has 5 heteroatoms. The molecule has 0 aromatic rings. The Morgan fingerprint density at radius 2 is 1.75 bits per heavy atom. The van der Waals surface area contributed by atoms with Gasteiger partial charge in [-0.3, -0.25) is 0 Å². The summed E-state index contributed by atoms with van der Waals surface area (Å²) in [6.45, 7) is 1.43. The third kappa shape index (κ3) is 2270. The average Bonchev–Trinajstić information content (AvgIpc) is 1.33. The van der Waals surface area contributed by atoms with Crippen molar-refractivity contribution in [3.05, 3.63) is 0 Å². The minimum atomic E-state index is -1.83. The molecular formula is C3H6NNaO3. The van der Waals surface area contributed by atoms with Gasteiger partial charge in [-0.15, -0.1) is 0 Å². The molecule has 0 spiro atoms. The molecule has 0 amide bonds. The zero-order chi connectivity index (χ0) is 6.28. The second kappa shape index (κ2) is 15.9. The van der Waals surface area contributed by atoms with Crippen LogP contribution in [0.5, 0.6) is 0 Å². The molecule has 4 nitrogen and oxygen atoms in total. The number of carbonyl (C=O) groups is 1. The molecule has 2 N–H and O–H groups in total. The summed E-state index contributed by atoms with van der Waals surface area (Å²) in [5.74, 6) is 0. The molecule has 0 unspecified atom stereocenters. The molecule has 0 saturated carbocycles. The Morgan fingerprint density at radius 3 is 1.75 bits per heavy atom. The third-order valence-corrected chi connectivity index (χ3v) is 0. The topological polar surface area (TPSA) is 81.3 Å². The Morgan fingerprint density at radius 1 is 1.75 bits per heavy atom. The molecule has 0 aromatic heterocycles. The van der Waals surface area contributed by atoms with Crippen molar-refractivity contribution in [2.75, 3.05) is 0 Å². The van der Waals surface area contributed by atoms with Crippen LogP contribution in [0, 0.1) is 11.3 Å². The van der Waals surface area contributed by atoms with Crippen molar-refractivity contribution in [3.8, 4) is 6.07 Å². The first-order valence-electron chi connectivity index (χ1n) is 1.37. The normalized spacial score (nSPS) is 4.00. The predicted molar refractivity (Wildman–Crippen MR) is 23.1 cm³/mol. The largest absolute Gasteiger partial charge is 1.00 e. The smallest absolute Gasteiger partial charge is 1.00 e. The molecule has 0 heterocycles. The van der Waals surface area contributed by atoms with E-state index >= 15 is 0 Å². The van der Waals surface area contributed by atoms with E-state index in [9.17, 15) is 0 Å². The summed E-state index contributed by atoms with van der Waals surface area (Å²) in [4.78, 5) is 8.56. The number of rotatable bonds is 0. The van der Waals surface area contributed by atoms with Gasteiger partial charge >= 0.3 is 35.7 Å². The summed E-state index contributed by atoms with van der Waals surface area (Å²) in [5.41, 5.74) is 0. The predicted octanol–water partition coefficient (Wildman–Crippen LogP) is -2.13. The van der Waals surface area contributed by atoms with Gasteiger partial charge in [-0.2, -0.15) is 5.26 Å². The molecule has 0 radical (unpaired) electrons. The summed E-state index contributed by atoms with van der Waals surface area (Å²) < 4.78 is 0. The summed E-state index contributed by atoms with van der Waals surface area (Å²) in [6, 6.07) is 1.75. The van der Waals surface area contributed by atoms with Crippen LogP contribution in [0.15, 0.2) is 0 Å². The zero-order valence-corrected chi connectivity index (χ0v) is 6.75. The van der Waals surface area contributed by atoms with Crippen molar-refractivity contribution in [2.45, 2.75) is 6.92 Å². The summed E-state index contributed by atoms with van der Waals surface area (Å²) >= 11 is 0. The Hall–Kier alpha value is -0.240. The fourth-order valence-corrected chi connectivity index (χ4v) is 0. The Labute approximate surface area is 70.5 Å². The molecule has 0 saturated heterocycles. The van der Waals surface area contributed by atoms with E-state index in [-0.39, 0.29) is 31.0 Å². The number of hydrogen-bond donors (Lipinski definition) is 2. The average molecular weight is 127 g/mol. The van der Waals surface area contributed by atoms with Crippen LogP contribution >= 0.6 is 0 Å². The van der Waals surface area contributed by atoms with Crippen LogP contribution in [0.1, 0.15) is 8.35 Å². The molecule has 0 aliphatic rings. The Kier molecular flexibility index (Phi) is 31.0. The van der Waals surface area contributed by atoms with Crippen molar-refractivity contribution < 1.29 is 46.0 Å². The van der Waals surface area contributed by atoms with E-state index in [1.165, 1.54) is 6.92 Å². The number of nitriles is 1. The van der Waals surface area contributed by atoms with Gasteiger partial charge in [0.2, 0.25) is 0 Å². The molecule has 42 valence electrons. The number of carboxylic acid groups (broad SMARTS) is 2. The van der Waals surface area contributed by atoms with Crippen LogP contribution in [0.2, 0.25) is 0 Å². The van der Waals surface area contributed by atoms with Crippen LogP contribution in [-0.4, -0.2) is 16.4 Å². The minimum absolute atomic E-state index is 0. The van der Waals surface area contributed by atoms with Gasteiger partial charge in [0.25, 0.3) is 0 Å². The van der Waals surface area contributed by atoms with Gasteiger partial charge in [0.15, 0.2) is 0 Å². The fraction of sp³-hybridized carbons (Fsp3) is 0.333. The zero-order valence-electron chi connectivity index (χ0n) is 5.75. The van der Waals surface area contributed by atoms with Gasteiger partial charge in [-0.1, -0.05) is 0 Å². The fourth-order valence-electron chi connectivity index (χ4n) is 0. The first kappa shape index (κ1) is 15.7. The van der Waals surface area contributed by atoms with Crippen LogP contribution < -0.4 is 29.6 Å². The first-order chi connectivity index (χ1) is 3.15. The van der Waals surface area contributed by atoms with E-state index in [1.54, 1.807) is 6.07 Å². The molecule has 8 heavy (non-hydrogen) atoms. The number of hydrogen-bond acceptors (Lipinski definition) is 2. The molecule has 0 aliphatic carbocycles. The Bertz CT molecular complexity index is 87.5. The molecule has 0 rings (SSSR count). The van der Waals surface area contributed by atoms with Crippen LogP contribution in [0.4, 0.5) is 4.79 Å². The monoisotopic (exact) mass is 127 g/mol. The molecular weight excluding hydrogens is 121 g/mol. The van der Waals surface area contributed by atoms with Gasteiger partial charge < -0.3 is 11.6 Å². The van der Waals surface area contributed by atoms with Crippen molar-refractivity contribution in [1.82, 2.24) is 0 Å². The Balaban J connectivity index is -0.0000000233. The van der Waals surface area contributed by atoms with E-state index in [0.717, 1.165) is 0 Å². The quantitative estimate of drug-likeness (QED) is 0.364. The van der Waals surface area contributed by atoms with E-state index in [0.29, 0.717) is 0 Å². The second-order valence-electron chi connectivity index (χ2n) is 0.506. The van der Waals surface area contributed by atoms with Crippen LogP contribution in [0.25, 0.3) is 0 Å². The molecule has 0 aromatic carbocycles. The second-order valence-corrected chi connectivity index (χ2v) is 0.506. The van der Waals surface area contributed by atoms with Gasteiger partial charge in [0.05, 0.1) is 6.07 Å². The number of nitrogens with zero attached hydrogens (tertiary/aromatic N) is 1. The van der Waals surface area contributed by atoms with E-state index < -0.39 is 6.16 Å². The van der Waals surface area contributed by atoms with Gasteiger partial charge in [-0.05, 0) is 0 Å². The third-order valence-electron chi connectivity index (χ3n) is 0. The molecule has 0 aliphatic heterocycles. The maximum Gasteiger partial charge on any atom is 1.00 e. The molecule has 0 atom stereocenters. The van der Waals surface area contributed by atoms with Gasteiger partial charge in [-0.25, -0.2) is 4.79 Å². The van der Waals surface area contributed by atoms with Crippen LogP contribution in [-0.2, 0) is 0 Å². The van der Waals surface area contributed by atoms with E-state index in [4.69, 9.17) is 20.3 Å². The van der Waals surface area contributed by atoms with Crippen molar-refractivity contribution >= 4 is 6.16 Å². The van der Waals surface area contributed by atoms with Gasteiger partial charge in [0, 0.05) is 6.92 Å². The van der Waals surface area contributed by atoms with E-state index in [2.05, 4.69) is 0 Å². The summed E-state index contributed by atoms with van der Waals surface area (Å²) in [7, 11) is 0. The van der Waals surface area contributed by atoms with Crippen LogP contribution in [0.3, 0.4) is 0 Å². The maximum absolute atomic E-state index is 8.56. The maximum atomic E-state index is 8.56. The van der Waals surface area contributed by atoms with Crippen molar-refractivity contribution in [1.29, 1.82) is 5.26 Å². The summed E-state index contributed by atoms with van der Waals surface area (Å²) in [6.07, 6.45) is -1.83. The summed E-state index contributed by atoms with van der Waals surface area (Å²) in [5, 5.41) is 21.3. The minimum Gasteiger partial charge on any atom is -1.00 e. The first-order valence-corrected chi connectivity index (χ1v) is 1.37.